The van der Waals surface area contributed by atoms with Crippen LogP contribution in [0.4, 0.5) is 0 Å². The van der Waals surface area contributed by atoms with E-state index < -0.39 is 5.97 Å². The summed E-state index contributed by atoms with van der Waals surface area (Å²) < 4.78 is 0. The molecule has 0 aliphatic carbocycles. The minimum Gasteiger partial charge on any atom is -0.544 e. The summed E-state index contributed by atoms with van der Waals surface area (Å²) in [5.74, 6) is -1.11. The van der Waals surface area contributed by atoms with Crippen molar-refractivity contribution < 1.29 is 14.8 Å². The summed E-state index contributed by atoms with van der Waals surface area (Å²) in [5.41, 5.74) is 0.580. The lowest BCUT2D eigenvalue weighted by atomic mass is 10.3. The molecule has 1 unspecified atom stereocenters. The zero-order valence-electron chi connectivity index (χ0n) is 10.7. The lowest BCUT2D eigenvalue weighted by Crippen LogP contribution is -3.10. The van der Waals surface area contributed by atoms with E-state index in [0.717, 1.165) is 24.6 Å². The molecule has 4 nitrogen and oxygen atoms in total. The Morgan fingerprint density at radius 2 is 2.18 bits per heavy atom. The highest BCUT2D eigenvalue weighted by Gasteiger charge is 2.13. The van der Waals surface area contributed by atoms with Gasteiger partial charge in [-0.2, -0.15) is 0 Å². The zero-order valence-corrected chi connectivity index (χ0v) is 11.5. The molecule has 1 rings (SSSR count). The van der Waals surface area contributed by atoms with Gasteiger partial charge in [0.05, 0.1) is 29.6 Å². The highest BCUT2D eigenvalue weighted by atomic mass is 32.1. The van der Waals surface area contributed by atoms with E-state index in [1.54, 1.807) is 6.92 Å². The lowest BCUT2D eigenvalue weighted by Gasteiger charge is -2.15. The van der Waals surface area contributed by atoms with Crippen molar-refractivity contribution in [3.63, 3.8) is 0 Å². The molecule has 0 amide bonds. The Labute approximate surface area is 106 Å². The number of carboxylic acids is 1. The first-order valence-corrected chi connectivity index (χ1v) is 6.91. The SMILES string of the molecule is CCCC[NH+](CC)Cc1nc(C)c(C(=O)[O-])s1. The van der Waals surface area contributed by atoms with E-state index in [4.69, 9.17) is 0 Å². The predicted octanol–water partition coefficient (Wildman–Crippen LogP) is 0.0199. The fraction of sp³-hybridized carbons (Fsp3) is 0.667. The van der Waals surface area contributed by atoms with Crippen LogP contribution in [0.5, 0.6) is 0 Å². The van der Waals surface area contributed by atoms with Gasteiger partial charge in [-0.3, -0.25) is 0 Å². The van der Waals surface area contributed by atoms with E-state index in [9.17, 15) is 9.90 Å². The Kier molecular flexibility index (Phi) is 5.58. The fourth-order valence-electron chi connectivity index (χ4n) is 1.75. The van der Waals surface area contributed by atoms with Gasteiger partial charge in [0.25, 0.3) is 0 Å². The zero-order chi connectivity index (χ0) is 12.8. The van der Waals surface area contributed by atoms with Crippen LogP contribution in [-0.4, -0.2) is 24.0 Å². The van der Waals surface area contributed by atoms with Crippen LogP contribution in [0.25, 0.3) is 0 Å². The van der Waals surface area contributed by atoms with Crippen LogP contribution in [0.15, 0.2) is 0 Å². The quantitative estimate of drug-likeness (QED) is 0.748. The van der Waals surface area contributed by atoms with Gasteiger partial charge in [-0.05, 0) is 20.3 Å². The normalized spacial score (nSPS) is 12.6. The molecule has 96 valence electrons. The number of hydrogen-bond donors (Lipinski definition) is 1. The summed E-state index contributed by atoms with van der Waals surface area (Å²) in [5, 5.41) is 11.7. The molecule has 0 aliphatic rings. The third kappa shape index (κ3) is 4.09. The Balaban J connectivity index is 2.66. The highest BCUT2D eigenvalue weighted by Crippen LogP contribution is 2.16. The van der Waals surface area contributed by atoms with Crippen molar-refractivity contribution in [2.24, 2.45) is 0 Å². The van der Waals surface area contributed by atoms with Crippen LogP contribution in [-0.2, 0) is 6.54 Å². The van der Waals surface area contributed by atoms with Crippen LogP contribution in [0.3, 0.4) is 0 Å². The van der Waals surface area contributed by atoms with Crippen molar-refractivity contribution in [2.45, 2.75) is 40.2 Å². The molecule has 1 aromatic rings. The second-order valence-electron chi connectivity index (χ2n) is 4.19. The average molecular weight is 256 g/mol. The molecular formula is C12H20N2O2S. The summed E-state index contributed by atoms with van der Waals surface area (Å²) in [6, 6.07) is 0. The van der Waals surface area contributed by atoms with Gasteiger partial charge in [0.1, 0.15) is 11.6 Å². The van der Waals surface area contributed by atoms with Gasteiger partial charge in [-0.1, -0.05) is 13.3 Å². The number of hydrogen-bond acceptors (Lipinski definition) is 4. The maximum Gasteiger partial charge on any atom is 0.148 e. The van der Waals surface area contributed by atoms with E-state index in [2.05, 4.69) is 18.8 Å². The molecule has 0 aromatic carbocycles. The molecule has 1 N–H and O–H groups in total. The van der Waals surface area contributed by atoms with Gasteiger partial charge in [-0.15, -0.1) is 11.3 Å². The molecule has 0 fully saturated rings. The van der Waals surface area contributed by atoms with E-state index in [0.29, 0.717) is 5.69 Å². The number of quaternary nitrogens is 1. The molecule has 0 spiro atoms. The number of thiazole rings is 1. The molecule has 1 heterocycles. The van der Waals surface area contributed by atoms with Gasteiger partial charge in [0.15, 0.2) is 0 Å². The first kappa shape index (κ1) is 14.1. The number of aryl methyl sites for hydroxylation is 1. The summed E-state index contributed by atoms with van der Waals surface area (Å²) in [6.45, 7) is 9.02. The Morgan fingerprint density at radius 1 is 1.47 bits per heavy atom. The van der Waals surface area contributed by atoms with Crippen LogP contribution in [0, 0.1) is 6.92 Å². The number of carbonyl (C=O) groups is 1. The van der Waals surface area contributed by atoms with E-state index in [-0.39, 0.29) is 4.88 Å². The molecule has 0 aliphatic heterocycles. The van der Waals surface area contributed by atoms with Crippen molar-refractivity contribution in [3.05, 3.63) is 15.6 Å². The van der Waals surface area contributed by atoms with Crippen molar-refractivity contribution in [1.82, 2.24) is 4.98 Å². The summed E-state index contributed by atoms with van der Waals surface area (Å²) >= 11 is 1.25. The maximum absolute atomic E-state index is 10.8. The van der Waals surface area contributed by atoms with Crippen molar-refractivity contribution in [1.29, 1.82) is 0 Å². The molecule has 0 saturated carbocycles. The largest absolute Gasteiger partial charge is 0.544 e. The van der Waals surface area contributed by atoms with Crippen LogP contribution in [0.1, 0.15) is 47.1 Å². The standard InChI is InChI=1S/C12H20N2O2S/c1-4-6-7-14(5-2)8-10-13-9(3)11(17-10)12(15)16/h4-8H2,1-3H3,(H,15,16). The Hall–Kier alpha value is -0.940. The number of rotatable bonds is 7. The van der Waals surface area contributed by atoms with Gasteiger partial charge in [0.2, 0.25) is 0 Å². The van der Waals surface area contributed by atoms with Gasteiger partial charge < -0.3 is 14.8 Å². The number of aromatic nitrogens is 1. The smallest absolute Gasteiger partial charge is 0.148 e. The second-order valence-corrected chi connectivity index (χ2v) is 5.28. The summed E-state index contributed by atoms with van der Waals surface area (Å²) in [4.78, 5) is 16.8. The molecule has 5 heteroatoms. The number of nitrogens with one attached hydrogen (secondary N) is 1. The average Bonchev–Trinajstić information content (AvgIpc) is 2.65. The second kappa shape index (κ2) is 6.71. The predicted molar refractivity (Wildman–Crippen MR) is 66.2 cm³/mol. The minimum atomic E-state index is -1.11. The molecule has 0 bridgehead atoms. The number of nitrogens with zero attached hydrogens (tertiary/aromatic N) is 1. The lowest BCUT2D eigenvalue weighted by molar-refractivity contribution is -0.912. The first-order valence-electron chi connectivity index (χ1n) is 6.09. The molecule has 17 heavy (non-hydrogen) atoms. The highest BCUT2D eigenvalue weighted by molar-refractivity contribution is 7.13. The van der Waals surface area contributed by atoms with Crippen LogP contribution in [0.2, 0.25) is 0 Å². The summed E-state index contributed by atoms with van der Waals surface area (Å²) in [6.07, 6.45) is 2.38. The molecule has 0 saturated heterocycles. The van der Waals surface area contributed by atoms with Crippen molar-refractivity contribution in [3.8, 4) is 0 Å². The van der Waals surface area contributed by atoms with Crippen molar-refractivity contribution >= 4 is 17.3 Å². The Morgan fingerprint density at radius 3 is 2.65 bits per heavy atom. The van der Waals surface area contributed by atoms with E-state index in [1.807, 2.05) is 0 Å². The first-order chi connectivity index (χ1) is 8.08. The number of carboxylic acid groups (broad SMARTS) is 1. The molecule has 1 aromatic heterocycles. The number of aromatic carboxylic acids is 1. The Bertz CT molecular complexity index is 377. The van der Waals surface area contributed by atoms with Gasteiger partial charge >= 0.3 is 0 Å². The number of unbranched alkanes of at least 4 members (excludes halogenated alkanes) is 1. The monoisotopic (exact) mass is 256 g/mol. The maximum atomic E-state index is 10.8. The third-order valence-corrected chi connectivity index (χ3v) is 3.95. The van der Waals surface area contributed by atoms with E-state index in [1.165, 1.54) is 29.1 Å². The van der Waals surface area contributed by atoms with Crippen LogP contribution >= 0.6 is 11.3 Å². The van der Waals surface area contributed by atoms with Gasteiger partial charge in [0, 0.05) is 0 Å². The molecular weight excluding hydrogens is 236 g/mol. The topological polar surface area (TPSA) is 57.5 Å². The van der Waals surface area contributed by atoms with Crippen molar-refractivity contribution in [2.75, 3.05) is 13.1 Å². The molecule has 0 radical (unpaired) electrons. The van der Waals surface area contributed by atoms with Crippen LogP contribution < -0.4 is 10.0 Å². The number of carbonyl (C=O) groups excluding carboxylic acids is 1. The summed E-state index contributed by atoms with van der Waals surface area (Å²) in [7, 11) is 0. The molecule has 1 atom stereocenters. The van der Waals surface area contributed by atoms with Gasteiger partial charge in [-0.25, -0.2) is 4.98 Å². The van der Waals surface area contributed by atoms with E-state index >= 15 is 0 Å². The fourth-order valence-corrected chi connectivity index (χ4v) is 2.72. The minimum absolute atomic E-state index is 0.269. The third-order valence-electron chi connectivity index (χ3n) is 2.81.